The summed E-state index contributed by atoms with van der Waals surface area (Å²) in [6, 6.07) is 11.5. The van der Waals surface area contributed by atoms with Gasteiger partial charge in [-0.25, -0.2) is 4.79 Å². The highest BCUT2D eigenvalue weighted by molar-refractivity contribution is 6.02. The molecule has 0 saturated carbocycles. The number of carbonyl (C=O) groups is 2. The molecule has 1 atom stereocenters. The van der Waals surface area contributed by atoms with Gasteiger partial charge in [-0.15, -0.1) is 0 Å². The lowest BCUT2D eigenvalue weighted by atomic mass is 9.95. The van der Waals surface area contributed by atoms with Gasteiger partial charge in [-0.3, -0.25) is 9.69 Å². The molecule has 8 heteroatoms. The molecule has 2 aliphatic heterocycles. The second kappa shape index (κ2) is 11.1. The minimum absolute atomic E-state index is 0.0417. The summed E-state index contributed by atoms with van der Waals surface area (Å²) in [4.78, 5) is 29.9. The van der Waals surface area contributed by atoms with Crippen LogP contribution in [0.2, 0.25) is 0 Å². The van der Waals surface area contributed by atoms with Gasteiger partial charge in [0.1, 0.15) is 12.1 Å². The number of nitrogens with two attached hydrogens (primary N) is 1. The van der Waals surface area contributed by atoms with E-state index in [1.165, 1.54) is 22.8 Å². The molecule has 0 spiro atoms. The van der Waals surface area contributed by atoms with Crippen LogP contribution in [-0.4, -0.2) is 43.2 Å². The molecular formula is C26H32N6O2. The highest BCUT2D eigenvalue weighted by Crippen LogP contribution is 2.27. The first-order valence-corrected chi connectivity index (χ1v) is 11.7. The number of anilines is 2. The zero-order valence-corrected chi connectivity index (χ0v) is 19.5. The first kappa shape index (κ1) is 23.7. The van der Waals surface area contributed by atoms with E-state index in [1.54, 1.807) is 19.2 Å². The molecule has 0 aliphatic carbocycles. The molecule has 1 unspecified atom stereocenters. The molecule has 8 nitrogen and oxygen atoms in total. The number of aldehydes is 1. The van der Waals surface area contributed by atoms with Crippen molar-refractivity contribution in [1.82, 2.24) is 10.2 Å². The van der Waals surface area contributed by atoms with Crippen LogP contribution < -0.4 is 21.7 Å². The normalized spacial score (nSPS) is 18.6. The smallest absolute Gasteiger partial charge is 0.347 e. The Bertz CT molecular complexity index is 1110. The van der Waals surface area contributed by atoms with Crippen LogP contribution in [-0.2, 0) is 24.4 Å². The number of urea groups is 1. The molecule has 0 bridgehead atoms. The topological polar surface area (TPSA) is 112 Å². The van der Waals surface area contributed by atoms with E-state index in [0.717, 1.165) is 51.1 Å². The second-order valence-electron chi connectivity index (χ2n) is 8.71. The quantitative estimate of drug-likeness (QED) is 0.218. The van der Waals surface area contributed by atoms with Gasteiger partial charge >= 0.3 is 6.03 Å². The van der Waals surface area contributed by atoms with Crippen LogP contribution in [0.4, 0.5) is 16.2 Å². The monoisotopic (exact) mass is 460 g/mol. The number of hydrogen-bond acceptors (Lipinski definition) is 5. The van der Waals surface area contributed by atoms with Gasteiger partial charge in [-0.1, -0.05) is 30.3 Å². The van der Waals surface area contributed by atoms with Gasteiger partial charge in [0.25, 0.3) is 0 Å². The summed E-state index contributed by atoms with van der Waals surface area (Å²) in [6.07, 6.45) is 5.74. The minimum Gasteiger partial charge on any atom is -0.387 e. The Morgan fingerprint density at radius 3 is 2.94 bits per heavy atom. The maximum atomic E-state index is 12.7. The molecule has 34 heavy (non-hydrogen) atoms. The molecule has 2 aromatic rings. The average molecular weight is 461 g/mol. The molecule has 1 saturated heterocycles. The third-order valence-corrected chi connectivity index (χ3v) is 6.48. The second-order valence-corrected chi connectivity index (χ2v) is 8.71. The van der Waals surface area contributed by atoms with Crippen molar-refractivity contribution in [1.29, 1.82) is 0 Å². The molecule has 2 aliphatic rings. The van der Waals surface area contributed by atoms with Gasteiger partial charge in [0.2, 0.25) is 0 Å². The summed E-state index contributed by atoms with van der Waals surface area (Å²) < 4.78 is 0. The molecule has 0 radical (unpaired) electrons. The Labute approximate surface area is 200 Å². The zero-order chi connectivity index (χ0) is 23.9. The van der Waals surface area contributed by atoms with E-state index >= 15 is 0 Å². The number of piperidine rings is 1. The van der Waals surface area contributed by atoms with Crippen LogP contribution in [0.25, 0.3) is 6.08 Å². The summed E-state index contributed by atoms with van der Waals surface area (Å²) in [5.74, 6) is 0.408. The molecule has 5 N–H and O–H groups in total. The zero-order valence-electron chi connectivity index (χ0n) is 19.5. The first-order valence-electron chi connectivity index (χ1n) is 11.7. The fourth-order valence-corrected chi connectivity index (χ4v) is 4.82. The maximum absolute atomic E-state index is 12.7. The summed E-state index contributed by atoms with van der Waals surface area (Å²) in [6.45, 7) is 4.54. The number of hydrogen-bond donors (Lipinski definition) is 4. The lowest BCUT2D eigenvalue weighted by molar-refractivity contribution is -0.104. The molecule has 0 aromatic heterocycles. The number of likely N-dealkylation sites (tertiary alicyclic amines) is 1. The number of aliphatic imine (C=N–C) groups is 1. The first-order chi connectivity index (χ1) is 16.6. The molecule has 1 fully saturated rings. The molecule has 2 heterocycles. The summed E-state index contributed by atoms with van der Waals surface area (Å²) >= 11 is 0. The Morgan fingerprint density at radius 2 is 2.12 bits per heavy atom. The van der Waals surface area contributed by atoms with Crippen molar-refractivity contribution >= 4 is 35.6 Å². The van der Waals surface area contributed by atoms with Crippen LogP contribution in [0.3, 0.4) is 0 Å². The van der Waals surface area contributed by atoms with Crippen molar-refractivity contribution in [2.24, 2.45) is 16.6 Å². The van der Waals surface area contributed by atoms with Crippen molar-refractivity contribution in [2.75, 3.05) is 30.8 Å². The minimum atomic E-state index is -0.505. The number of carbonyl (C=O) groups excluding carboxylic acids is 2. The fourth-order valence-electron chi connectivity index (χ4n) is 4.82. The number of rotatable bonds is 7. The van der Waals surface area contributed by atoms with Crippen molar-refractivity contribution in [3.63, 3.8) is 0 Å². The molecule has 4 rings (SSSR count). The molecule has 2 amide bonds. The lowest BCUT2D eigenvalue weighted by Crippen LogP contribution is -2.41. The molecular weight excluding hydrogens is 428 g/mol. The van der Waals surface area contributed by atoms with Gasteiger partial charge < -0.3 is 21.7 Å². The van der Waals surface area contributed by atoms with Crippen LogP contribution in [0.5, 0.6) is 0 Å². The Hall–Kier alpha value is -3.49. The summed E-state index contributed by atoms with van der Waals surface area (Å²) in [7, 11) is 1.76. The predicted octanol–water partition coefficient (Wildman–Crippen LogP) is 3.34. The average Bonchev–Trinajstić information content (AvgIpc) is 3.33. The molecule has 2 aromatic carbocycles. The third-order valence-electron chi connectivity index (χ3n) is 6.48. The van der Waals surface area contributed by atoms with Crippen molar-refractivity contribution < 1.29 is 9.59 Å². The number of allylic oxidation sites excluding steroid dienone is 1. The van der Waals surface area contributed by atoms with E-state index in [-0.39, 0.29) is 5.92 Å². The van der Waals surface area contributed by atoms with E-state index < -0.39 is 6.03 Å². The van der Waals surface area contributed by atoms with Crippen LogP contribution in [0, 0.1) is 5.92 Å². The maximum Gasteiger partial charge on any atom is 0.347 e. The number of nitrogens with zero attached hydrogens (tertiary/aromatic N) is 2. The summed E-state index contributed by atoms with van der Waals surface area (Å²) in [5, 5.41) is 9.31. The number of para-hydroxylation sites is 1. The Morgan fingerprint density at radius 1 is 1.26 bits per heavy atom. The van der Waals surface area contributed by atoms with Gasteiger partial charge in [0.15, 0.2) is 0 Å². The van der Waals surface area contributed by atoms with E-state index in [9.17, 15) is 9.59 Å². The lowest BCUT2D eigenvalue weighted by Gasteiger charge is -2.32. The highest BCUT2D eigenvalue weighted by atomic mass is 16.2. The van der Waals surface area contributed by atoms with Crippen molar-refractivity contribution in [3.05, 3.63) is 64.7 Å². The van der Waals surface area contributed by atoms with Gasteiger partial charge in [0, 0.05) is 39.1 Å². The number of nitrogens with one attached hydrogen (secondary N) is 3. The number of amides is 2. The standard InChI is InChI=1S/C26H32N6O2/c1-28-24-18(10-5-13-33)6-3-11-23(24)30-26(34)31-25(27)21-9-4-12-32(17-21)16-20-8-2-7-19-14-29-15-22(19)20/h2-3,5-8,10-11,13,21,28-29H,4,9,12,14-17H2,1H3,(H3,27,30,31,34)/b10-5-. The highest BCUT2D eigenvalue weighted by Gasteiger charge is 2.25. The number of amidine groups is 1. The van der Waals surface area contributed by atoms with E-state index in [0.29, 0.717) is 23.5 Å². The van der Waals surface area contributed by atoms with E-state index in [4.69, 9.17) is 5.73 Å². The largest absolute Gasteiger partial charge is 0.387 e. The van der Waals surface area contributed by atoms with Gasteiger partial charge in [0.05, 0.1) is 11.4 Å². The Balaban J connectivity index is 1.41. The SMILES string of the molecule is CNc1c(/C=C\C=O)cccc1NC(=O)/N=C(\N)C1CCCN(Cc2cccc3c2CNC3)C1. The van der Waals surface area contributed by atoms with Gasteiger partial charge in [-0.2, -0.15) is 4.99 Å². The van der Waals surface area contributed by atoms with Gasteiger partial charge in [-0.05, 0) is 59.9 Å². The summed E-state index contributed by atoms with van der Waals surface area (Å²) in [5.41, 5.74) is 12.5. The Kier molecular flexibility index (Phi) is 7.72. The third kappa shape index (κ3) is 5.52. The van der Waals surface area contributed by atoms with E-state index in [2.05, 4.69) is 44.0 Å². The van der Waals surface area contributed by atoms with Crippen molar-refractivity contribution in [2.45, 2.75) is 32.5 Å². The predicted molar refractivity (Wildman–Crippen MR) is 137 cm³/mol. The molecule has 178 valence electrons. The van der Waals surface area contributed by atoms with Crippen LogP contribution in [0.1, 0.15) is 35.1 Å². The number of benzene rings is 2. The number of fused-ring (bicyclic) bond motifs is 1. The van der Waals surface area contributed by atoms with Crippen molar-refractivity contribution in [3.8, 4) is 0 Å². The van der Waals surface area contributed by atoms with Crippen LogP contribution >= 0.6 is 0 Å². The fraction of sp³-hybridized carbons (Fsp3) is 0.346. The van der Waals surface area contributed by atoms with E-state index in [1.807, 2.05) is 12.1 Å². The van der Waals surface area contributed by atoms with Crippen LogP contribution in [0.15, 0.2) is 47.5 Å².